The van der Waals surface area contributed by atoms with Gasteiger partial charge in [0.15, 0.2) is 0 Å². The zero-order valence-electron chi connectivity index (χ0n) is 19.8. The van der Waals surface area contributed by atoms with E-state index < -0.39 is 22.0 Å². The summed E-state index contributed by atoms with van der Waals surface area (Å²) < 4.78 is 80.5. The van der Waals surface area contributed by atoms with E-state index in [1.165, 1.54) is 16.4 Å². The molecule has 2 aliphatic heterocycles. The predicted octanol–water partition coefficient (Wildman–Crippen LogP) is 3.69. The summed E-state index contributed by atoms with van der Waals surface area (Å²) in [6.07, 6.45) is -4.77. The SMILES string of the molecule is O=S(=O)(c1cccc(-c2c(-c3ccccc3)nc(C(F)(F)F)nc2N2CCOCC2)c1)N1CCOCC1. The molecule has 1 aromatic heterocycles. The van der Waals surface area contributed by atoms with E-state index >= 15 is 0 Å². The number of benzene rings is 2. The molecule has 2 saturated heterocycles. The molecule has 3 aromatic rings. The molecule has 0 atom stereocenters. The molecule has 0 radical (unpaired) electrons. The minimum Gasteiger partial charge on any atom is -0.379 e. The quantitative estimate of drug-likeness (QED) is 0.494. The number of halogens is 3. The van der Waals surface area contributed by atoms with Gasteiger partial charge in [0, 0.05) is 31.7 Å². The van der Waals surface area contributed by atoms with Crippen molar-refractivity contribution in [1.29, 1.82) is 0 Å². The minimum atomic E-state index is -4.77. The summed E-state index contributed by atoms with van der Waals surface area (Å²) in [5, 5.41) is 0. The second kappa shape index (κ2) is 10.4. The molecule has 0 saturated carbocycles. The highest BCUT2D eigenvalue weighted by molar-refractivity contribution is 7.89. The van der Waals surface area contributed by atoms with Crippen LogP contribution in [0.2, 0.25) is 0 Å². The molecule has 0 unspecified atom stereocenters. The number of sulfonamides is 1. The van der Waals surface area contributed by atoms with E-state index in [1.807, 2.05) is 0 Å². The summed E-state index contributed by atoms with van der Waals surface area (Å²) in [5.74, 6) is -1.17. The van der Waals surface area contributed by atoms with Crippen LogP contribution in [-0.2, 0) is 25.7 Å². The second-order valence-corrected chi connectivity index (χ2v) is 10.5. The van der Waals surface area contributed by atoms with E-state index in [0.29, 0.717) is 56.2 Å². The minimum absolute atomic E-state index is 0.0405. The number of hydrogen-bond acceptors (Lipinski definition) is 7. The van der Waals surface area contributed by atoms with E-state index in [1.54, 1.807) is 47.4 Å². The molecule has 2 fully saturated rings. The number of rotatable bonds is 5. The molecule has 2 aromatic carbocycles. The van der Waals surface area contributed by atoms with Gasteiger partial charge in [-0.3, -0.25) is 0 Å². The Labute approximate surface area is 212 Å². The first-order valence-electron chi connectivity index (χ1n) is 11.8. The zero-order chi connectivity index (χ0) is 26.0. The molecule has 0 N–H and O–H groups in total. The van der Waals surface area contributed by atoms with Crippen molar-refractivity contribution in [3.63, 3.8) is 0 Å². The summed E-state index contributed by atoms with van der Waals surface area (Å²) in [7, 11) is -3.84. The number of aromatic nitrogens is 2. The van der Waals surface area contributed by atoms with Crippen molar-refractivity contribution < 1.29 is 31.1 Å². The van der Waals surface area contributed by atoms with Crippen LogP contribution in [0.4, 0.5) is 19.0 Å². The van der Waals surface area contributed by atoms with Gasteiger partial charge in [0.2, 0.25) is 15.8 Å². The van der Waals surface area contributed by atoms with Gasteiger partial charge in [-0.25, -0.2) is 18.4 Å². The number of alkyl halides is 3. The van der Waals surface area contributed by atoms with Gasteiger partial charge in [-0.1, -0.05) is 42.5 Å². The Kier molecular flexibility index (Phi) is 7.17. The molecular weight excluding hydrogens is 509 g/mol. The first kappa shape index (κ1) is 25.6. The summed E-state index contributed by atoms with van der Waals surface area (Å²) in [6, 6.07) is 14.7. The van der Waals surface area contributed by atoms with E-state index in [-0.39, 0.29) is 29.5 Å². The second-order valence-electron chi connectivity index (χ2n) is 8.60. The number of nitrogens with zero attached hydrogens (tertiary/aromatic N) is 4. The Bertz CT molecular complexity index is 1360. The standard InChI is InChI=1S/C25H25F3N4O4S/c26-25(27,28)24-29-22(18-5-2-1-3-6-18)21(23(30-24)31-9-13-35-14-10-31)19-7-4-8-20(17-19)37(33,34)32-11-15-36-16-12-32/h1-8,17H,9-16H2. The van der Waals surface area contributed by atoms with Crippen LogP contribution in [0.25, 0.3) is 22.4 Å². The van der Waals surface area contributed by atoms with Crippen molar-refractivity contribution in [3.8, 4) is 22.4 Å². The molecular formula is C25H25F3N4O4S. The average Bonchev–Trinajstić information content (AvgIpc) is 2.93. The lowest BCUT2D eigenvalue weighted by Crippen LogP contribution is -2.40. The van der Waals surface area contributed by atoms with Crippen LogP contribution in [0.1, 0.15) is 5.82 Å². The Hall–Kier alpha value is -3.06. The Morgan fingerprint density at radius 2 is 1.41 bits per heavy atom. The summed E-state index contributed by atoms with van der Waals surface area (Å²) in [4.78, 5) is 9.70. The Morgan fingerprint density at radius 1 is 0.784 bits per heavy atom. The van der Waals surface area contributed by atoms with Gasteiger partial charge in [0.1, 0.15) is 5.82 Å². The van der Waals surface area contributed by atoms with E-state index in [9.17, 15) is 21.6 Å². The van der Waals surface area contributed by atoms with Crippen LogP contribution in [0, 0.1) is 0 Å². The maximum Gasteiger partial charge on any atom is 0.451 e. The third-order valence-corrected chi connectivity index (χ3v) is 8.13. The van der Waals surface area contributed by atoms with Gasteiger partial charge >= 0.3 is 6.18 Å². The summed E-state index contributed by atoms with van der Waals surface area (Å²) >= 11 is 0. The molecule has 2 aliphatic rings. The maximum atomic E-state index is 13.9. The third-order valence-electron chi connectivity index (χ3n) is 6.23. The molecule has 8 nitrogen and oxygen atoms in total. The first-order valence-corrected chi connectivity index (χ1v) is 13.2. The zero-order valence-corrected chi connectivity index (χ0v) is 20.6. The molecule has 196 valence electrons. The van der Waals surface area contributed by atoms with Crippen LogP contribution in [0.5, 0.6) is 0 Å². The van der Waals surface area contributed by atoms with Crippen molar-refractivity contribution in [3.05, 3.63) is 60.4 Å². The summed E-state index contributed by atoms with van der Waals surface area (Å²) in [5.41, 5.74) is 1.27. The largest absolute Gasteiger partial charge is 0.451 e. The lowest BCUT2D eigenvalue weighted by molar-refractivity contribution is -0.144. The lowest BCUT2D eigenvalue weighted by atomic mass is 9.98. The monoisotopic (exact) mass is 534 g/mol. The number of hydrogen-bond donors (Lipinski definition) is 0. The first-order chi connectivity index (χ1) is 17.7. The molecule has 0 amide bonds. The smallest absolute Gasteiger partial charge is 0.379 e. The molecule has 37 heavy (non-hydrogen) atoms. The van der Waals surface area contributed by atoms with Crippen LogP contribution in [0.15, 0.2) is 59.5 Å². The average molecular weight is 535 g/mol. The van der Waals surface area contributed by atoms with Crippen molar-refractivity contribution >= 4 is 15.8 Å². The van der Waals surface area contributed by atoms with Crippen molar-refractivity contribution in [2.24, 2.45) is 0 Å². The molecule has 0 spiro atoms. The fraction of sp³-hybridized carbons (Fsp3) is 0.360. The highest BCUT2D eigenvalue weighted by Gasteiger charge is 2.38. The predicted molar refractivity (Wildman–Crippen MR) is 131 cm³/mol. The van der Waals surface area contributed by atoms with Gasteiger partial charge in [-0.05, 0) is 17.7 Å². The molecule has 0 aliphatic carbocycles. The van der Waals surface area contributed by atoms with Gasteiger partial charge in [0.05, 0.1) is 42.6 Å². The third kappa shape index (κ3) is 5.33. The van der Waals surface area contributed by atoms with Crippen LogP contribution >= 0.6 is 0 Å². The van der Waals surface area contributed by atoms with Crippen molar-refractivity contribution in [2.45, 2.75) is 11.1 Å². The Morgan fingerprint density at radius 3 is 2.05 bits per heavy atom. The van der Waals surface area contributed by atoms with E-state index in [4.69, 9.17) is 9.47 Å². The van der Waals surface area contributed by atoms with Gasteiger partial charge in [0.25, 0.3) is 0 Å². The molecule has 0 bridgehead atoms. The molecule has 3 heterocycles. The highest BCUT2D eigenvalue weighted by atomic mass is 32.2. The molecule has 5 rings (SSSR count). The highest BCUT2D eigenvalue weighted by Crippen LogP contribution is 2.41. The van der Waals surface area contributed by atoms with Gasteiger partial charge in [-0.2, -0.15) is 17.5 Å². The lowest BCUT2D eigenvalue weighted by Gasteiger charge is -2.31. The molecule has 12 heteroatoms. The van der Waals surface area contributed by atoms with Crippen molar-refractivity contribution in [1.82, 2.24) is 14.3 Å². The van der Waals surface area contributed by atoms with Gasteiger partial charge < -0.3 is 14.4 Å². The summed E-state index contributed by atoms with van der Waals surface area (Å²) in [6.45, 7) is 2.38. The number of anilines is 1. The van der Waals surface area contributed by atoms with Crippen molar-refractivity contribution in [2.75, 3.05) is 57.5 Å². The van der Waals surface area contributed by atoms with Gasteiger partial charge in [-0.15, -0.1) is 0 Å². The maximum absolute atomic E-state index is 13.9. The topological polar surface area (TPSA) is 84.9 Å². The van der Waals surface area contributed by atoms with E-state index in [2.05, 4.69) is 9.97 Å². The van der Waals surface area contributed by atoms with Crippen LogP contribution in [-0.4, -0.2) is 75.3 Å². The Balaban J connectivity index is 1.73. The van der Waals surface area contributed by atoms with Crippen LogP contribution < -0.4 is 4.90 Å². The number of morpholine rings is 2. The fourth-order valence-corrected chi connectivity index (χ4v) is 5.85. The van der Waals surface area contributed by atoms with E-state index in [0.717, 1.165) is 0 Å². The van der Waals surface area contributed by atoms with Crippen LogP contribution in [0.3, 0.4) is 0 Å². The number of ether oxygens (including phenoxy) is 2. The normalized spacial score (nSPS) is 17.6. The fourth-order valence-electron chi connectivity index (χ4n) is 4.40.